The summed E-state index contributed by atoms with van der Waals surface area (Å²) >= 11 is 0. The van der Waals surface area contributed by atoms with Crippen LogP contribution < -0.4 is 0 Å². The molecule has 0 aliphatic heterocycles. The topological polar surface area (TPSA) is 67.5 Å². The van der Waals surface area contributed by atoms with E-state index in [4.69, 9.17) is 9.72 Å². The number of rotatable bonds is 8. The third-order valence-corrected chi connectivity index (χ3v) is 5.24. The van der Waals surface area contributed by atoms with Gasteiger partial charge in [-0.1, -0.05) is 91.0 Å². The molecule has 2 unspecified atom stereocenters. The number of ether oxygens (including phenoxy) is 1. The number of hydrogen-bond donors (Lipinski definition) is 2. The first-order chi connectivity index (χ1) is 15.2. The predicted octanol–water partition coefficient (Wildman–Crippen LogP) is 4.71. The first-order valence-corrected chi connectivity index (χ1v) is 10.4. The highest BCUT2D eigenvalue weighted by Crippen LogP contribution is 2.35. The van der Waals surface area contributed by atoms with Gasteiger partial charge in [0.1, 0.15) is 24.8 Å². The Labute approximate surface area is 182 Å². The summed E-state index contributed by atoms with van der Waals surface area (Å²) in [6.45, 7) is 2.66. The second-order valence-electron chi connectivity index (χ2n) is 7.25. The van der Waals surface area contributed by atoms with Crippen LogP contribution in [0.2, 0.25) is 0 Å². The molecule has 0 bridgehead atoms. The maximum Gasteiger partial charge on any atom is 0.142 e. The normalized spacial score (nSPS) is 13.1. The van der Waals surface area contributed by atoms with E-state index in [1.54, 1.807) is 0 Å². The number of aromatic nitrogens is 2. The van der Waals surface area contributed by atoms with Crippen molar-refractivity contribution in [2.45, 2.75) is 25.9 Å². The molecular weight excluding hydrogens is 388 g/mol. The van der Waals surface area contributed by atoms with Gasteiger partial charge in [-0.3, -0.25) is 0 Å². The second-order valence-corrected chi connectivity index (χ2v) is 7.25. The van der Waals surface area contributed by atoms with Crippen molar-refractivity contribution in [1.29, 1.82) is 0 Å². The molecule has 1 aromatic heterocycles. The summed E-state index contributed by atoms with van der Waals surface area (Å²) in [7, 11) is 0. The van der Waals surface area contributed by atoms with Crippen molar-refractivity contribution in [1.82, 2.24) is 9.55 Å². The Bertz CT molecular complexity index is 1100. The quantitative estimate of drug-likeness (QED) is 0.438. The van der Waals surface area contributed by atoms with E-state index in [0.29, 0.717) is 29.4 Å². The van der Waals surface area contributed by atoms with Gasteiger partial charge in [-0.25, -0.2) is 4.98 Å². The fourth-order valence-corrected chi connectivity index (χ4v) is 3.68. The lowest BCUT2D eigenvalue weighted by Gasteiger charge is -2.19. The van der Waals surface area contributed by atoms with E-state index in [1.165, 1.54) is 0 Å². The molecule has 2 atom stereocenters. The predicted molar refractivity (Wildman–Crippen MR) is 120 cm³/mol. The number of benzene rings is 3. The lowest BCUT2D eigenvalue weighted by molar-refractivity contribution is 0.0804. The van der Waals surface area contributed by atoms with Gasteiger partial charge in [0, 0.05) is 12.2 Å². The number of nitrogens with zero attached hydrogens (tertiary/aromatic N) is 2. The van der Waals surface area contributed by atoms with Crippen molar-refractivity contribution in [2.24, 2.45) is 0 Å². The fraction of sp³-hybridized carbons (Fsp3) is 0.192. The number of imidazole rings is 1. The highest BCUT2D eigenvalue weighted by molar-refractivity contribution is 5.58. The van der Waals surface area contributed by atoms with E-state index < -0.39 is 12.2 Å². The van der Waals surface area contributed by atoms with Gasteiger partial charge < -0.3 is 19.5 Å². The molecule has 0 aliphatic rings. The number of aliphatic hydroxyl groups is 2. The zero-order valence-corrected chi connectivity index (χ0v) is 17.4. The molecule has 2 N–H and O–H groups in total. The van der Waals surface area contributed by atoms with Gasteiger partial charge in [0.2, 0.25) is 0 Å². The summed E-state index contributed by atoms with van der Waals surface area (Å²) in [4.78, 5) is 4.83. The highest BCUT2D eigenvalue weighted by Gasteiger charge is 2.29. The Balaban J connectivity index is 1.92. The van der Waals surface area contributed by atoms with E-state index in [0.717, 1.165) is 11.1 Å². The molecule has 0 fully saturated rings. The molecule has 0 saturated carbocycles. The van der Waals surface area contributed by atoms with Crippen molar-refractivity contribution >= 4 is 0 Å². The van der Waals surface area contributed by atoms with E-state index >= 15 is 0 Å². The lowest BCUT2D eigenvalue weighted by atomic mass is 9.99. The third-order valence-electron chi connectivity index (χ3n) is 5.24. The highest BCUT2D eigenvalue weighted by atomic mass is 16.5. The minimum Gasteiger partial charge on any atom is -0.382 e. The molecule has 0 radical (unpaired) electrons. The fourth-order valence-electron chi connectivity index (χ4n) is 3.68. The Morgan fingerprint density at radius 1 is 0.774 bits per heavy atom. The average Bonchev–Trinajstić information content (AvgIpc) is 3.22. The van der Waals surface area contributed by atoms with Gasteiger partial charge in [-0.2, -0.15) is 0 Å². The Hall–Kier alpha value is -3.25. The first-order valence-electron chi connectivity index (χ1n) is 10.4. The molecule has 0 spiro atoms. The van der Waals surface area contributed by atoms with E-state index in [1.807, 2.05) is 102 Å². The van der Waals surface area contributed by atoms with Crippen LogP contribution in [0.25, 0.3) is 11.4 Å². The second kappa shape index (κ2) is 9.71. The van der Waals surface area contributed by atoms with E-state index in [9.17, 15) is 10.2 Å². The Kier molecular flexibility index (Phi) is 6.57. The molecule has 158 valence electrons. The smallest absolute Gasteiger partial charge is 0.142 e. The molecular formula is C26H26N2O3. The minimum absolute atomic E-state index is 0.217. The van der Waals surface area contributed by atoms with Gasteiger partial charge in [0.15, 0.2) is 0 Å². The Morgan fingerprint density at radius 2 is 1.29 bits per heavy atom. The van der Waals surface area contributed by atoms with Crippen LogP contribution in [0.5, 0.6) is 0 Å². The molecule has 0 saturated heterocycles. The third kappa shape index (κ3) is 4.44. The molecule has 31 heavy (non-hydrogen) atoms. The molecule has 5 heteroatoms. The molecule has 5 nitrogen and oxygen atoms in total. The molecule has 4 aromatic rings. The molecule has 3 aromatic carbocycles. The van der Waals surface area contributed by atoms with Gasteiger partial charge in [0.25, 0.3) is 0 Å². The summed E-state index contributed by atoms with van der Waals surface area (Å²) in [6.07, 6.45) is -1.96. The van der Waals surface area contributed by atoms with E-state index in [-0.39, 0.29) is 6.73 Å². The maximum absolute atomic E-state index is 11.4. The van der Waals surface area contributed by atoms with E-state index in [2.05, 4.69) is 0 Å². The summed E-state index contributed by atoms with van der Waals surface area (Å²) in [5, 5.41) is 22.6. The van der Waals surface area contributed by atoms with Crippen LogP contribution in [-0.4, -0.2) is 26.4 Å². The van der Waals surface area contributed by atoms with Gasteiger partial charge in [-0.15, -0.1) is 0 Å². The van der Waals surface area contributed by atoms with Gasteiger partial charge >= 0.3 is 0 Å². The van der Waals surface area contributed by atoms with Crippen molar-refractivity contribution in [3.8, 4) is 11.4 Å². The van der Waals surface area contributed by atoms with Crippen LogP contribution in [0, 0.1) is 0 Å². The summed E-state index contributed by atoms with van der Waals surface area (Å²) in [5.74, 6) is 0.643. The minimum atomic E-state index is -0.986. The number of aliphatic hydroxyl groups excluding tert-OH is 2. The van der Waals surface area contributed by atoms with Gasteiger partial charge in [-0.05, 0) is 18.1 Å². The van der Waals surface area contributed by atoms with Crippen molar-refractivity contribution in [2.75, 3.05) is 6.61 Å². The SMILES string of the molecule is CCOCn1c(-c2ccccc2)nc(C(O)c2ccccc2)c1C(O)c1ccccc1. The lowest BCUT2D eigenvalue weighted by Crippen LogP contribution is -2.15. The monoisotopic (exact) mass is 414 g/mol. The Morgan fingerprint density at radius 3 is 1.84 bits per heavy atom. The van der Waals surface area contributed by atoms with Crippen LogP contribution in [-0.2, 0) is 11.5 Å². The molecule has 4 rings (SSSR count). The summed E-state index contributed by atoms with van der Waals surface area (Å²) < 4.78 is 7.60. The largest absolute Gasteiger partial charge is 0.382 e. The van der Waals surface area contributed by atoms with Crippen molar-refractivity contribution < 1.29 is 14.9 Å². The van der Waals surface area contributed by atoms with Crippen LogP contribution in [0.3, 0.4) is 0 Å². The summed E-state index contributed by atoms with van der Waals surface area (Å²) in [5.41, 5.74) is 3.26. The van der Waals surface area contributed by atoms with Crippen LogP contribution in [0.15, 0.2) is 91.0 Å². The van der Waals surface area contributed by atoms with Crippen LogP contribution >= 0.6 is 0 Å². The average molecular weight is 415 g/mol. The van der Waals surface area contributed by atoms with Gasteiger partial charge in [0.05, 0.1) is 11.4 Å². The molecule has 1 heterocycles. The zero-order chi connectivity index (χ0) is 21.6. The molecule has 0 amide bonds. The number of hydrogen-bond acceptors (Lipinski definition) is 4. The van der Waals surface area contributed by atoms with Crippen molar-refractivity contribution in [3.05, 3.63) is 114 Å². The molecule has 0 aliphatic carbocycles. The first kappa shape index (κ1) is 21.0. The summed E-state index contributed by atoms with van der Waals surface area (Å²) in [6, 6.07) is 28.5. The zero-order valence-electron chi connectivity index (χ0n) is 17.4. The van der Waals surface area contributed by atoms with Crippen LogP contribution in [0.1, 0.15) is 41.6 Å². The van der Waals surface area contributed by atoms with Crippen LogP contribution in [0.4, 0.5) is 0 Å². The standard InChI is InChI=1S/C26H26N2O3/c1-2-31-18-28-23(25(30)20-14-8-4-9-15-20)22(24(29)19-12-6-3-7-13-19)27-26(28)21-16-10-5-11-17-21/h3-17,24-25,29-30H,2,18H2,1H3. The van der Waals surface area contributed by atoms with Crippen molar-refractivity contribution in [3.63, 3.8) is 0 Å². The maximum atomic E-state index is 11.4.